The number of aromatic nitrogens is 3. The molecule has 0 unspecified atom stereocenters. The molecule has 2 aromatic rings. The summed E-state index contributed by atoms with van der Waals surface area (Å²) in [7, 11) is 0. The molecule has 1 amide bonds. The van der Waals surface area contributed by atoms with E-state index < -0.39 is 0 Å². The number of hydrogen-bond acceptors (Lipinski definition) is 5. The Labute approximate surface area is 161 Å². The summed E-state index contributed by atoms with van der Waals surface area (Å²) in [6, 6.07) is 7.77. The molecule has 0 bridgehead atoms. The summed E-state index contributed by atoms with van der Waals surface area (Å²) in [5, 5.41) is 7.75. The van der Waals surface area contributed by atoms with E-state index in [1.54, 1.807) is 4.57 Å². The van der Waals surface area contributed by atoms with E-state index in [0.29, 0.717) is 24.8 Å². The number of aromatic amines is 1. The fourth-order valence-corrected chi connectivity index (χ4v) is 4.00. The van der Waals surface area contributed by atoms with Crippen LogP contribution in [0.3, 0.4) is 0 Å². The fourth-order valence-electron chi connectivity index (χ4n) is 2.94. The monoisotopic (exact) mass is 395 g/mol. The van der Waals surface area contributed by atoms with E-state index in [1.165, 1.54) is 11.8 Å². The minimum absolute atomic E-state index is 0.0687. The van der Waals surface area contributed by atoms with Crippen LogP contribution in [0.2, 0.25) is 5.02 Å². The number of carbonyl (C=O) groups is 1. The molecule has 0 spiro atoms. The largest absolute Gasteiger partial charge is 0.368 e. The Morgan fingerprint density at radius 1 is 1.31 bits per heavy atom. The van der Waals surface area contributed by atoms with Crippen molar-refractivity contribution in [2.24, 2.45) is 0 Å². The van der Waals surface area contributed by atoms with Gasteiger partial charge in [0.2, 0.25) is 5.91 Å². The first kappa shape index (κ1) is 18.8. The maximum Gasteiger partial charge on any atom is 0.343 e. The summed E-state index contributed by atoms with van der Waals surface area (Å²) >= 11 is 7.36. The van der Waals surface area contributed by atoms with E-state index in [2.05, 4.69) is 15.1 Å². The molecule has 26 heavy (non-hydrogen) atoms. The average molecular weight is 396 g/mol. The molecular formula is C17H22ClN5O2S. The number of amides is 1. The number of nitrogens with one attached hydrogen (secondary N) is 1. The smallest absolute Gasteiger partial charge is 0.343 e. The third-order valence-corrected chi connectivity index (χ3v) is 5.50. The maximum absolute atomic E-state index is 12.5. The Hall–Kier alpha value is -1.93. The van der Waals surface area contributed by atoms with Crippen LogP contribution in [0.15, 0.2) is 34.2 Å². The van der Waals surface area contributed by atoms with Crippen molar-refractivity contribution in [2.75, 3.05) is 36.8 Å². The number of anilines is 1. The number of H-pyrrole nitrogens is 1. The van der Waals surface area contributed by atoms with Crippen molar-refractivity contribution in [3.8, 4) is 0 Å². The summed E-state index contributed by atoms with van der Waals surface area (Å²) in [4.78, 5) is 28.3. The van der Waals surface area contributed by atoms with Gasteiger partial charge in [-0.1, -0.05) is 36.4 Å². The summed E-state index contributed by atoms with van der Waals surface area (Å²) in [6.07, 6.45) is 0.840. The van der Waals surface area contributed by atoms with Gasteiger partial charge in [-0.2, -0.15) is 0 Å². The summed E-state index contributed by atoms with van der Waals surface area (Å²) in [6.45, 7) is 5.50. The molecule has 1 N–H and O–H groups in total. The first-order valence-corrected chi connectivity index (χ1v) is 10.0. The Bertz CT molecular complexity index is 813. The molecule has 1 saturated heterocycles. The molecule has 1 aromatic carbocycles. The second-order valence-corrected chi connectivity index (χ2v) is 7.48. The molecule has 1 aromatic heterocycles. The van der Waals surface area contributed by atoms with Gasteiger partial charge in [0.05, 0.1) is 5.75 Å². The van der Waals surface area contributed by atoms with Gasteiger partial charge in [-0.05, 0) is 24.6 Å². The van der Waals surface area contributed by atoms with Gasteiger partial charge in [0.1, 0.15) is 0 Å². The van der Waals surface area contributed by atoms with Crippen LogP contribution in [0, 0.1) is 0 Å². The van der Waals surface area contributed by atoms with Crippen LogP contribution < -0.4 is 10.6 Å². The van der Waals surface area contributed by atoms with Crippen LogP contribution >= 0.6 is 23.4 Å². The first-order valence-electron chi connectivity index (χ1n) is 8.64. The Morgan fingerprint density at radius 2 is 2.08 bits per heavy atom. The van der Waals surface area contributed by atoms with Crippen LogP contribution in [-0.4, -0.2) is 57.5 Å². The second kappa shape index (κ2) is 8.64. The normalized spacial score (nSPS) is 14.7. The molecule has 9 heteroatoms. The van der Waals surface area contributed by atoms with Crippen molar-refractivity contribution in [1.29, 1.82) is 0 Å². The van der Waals surface area contributed by atoms with E-state index in [9.17, 15) is 9.59 Å². The van der Waals surface area contributed by atoms with Gasteiger partial charge >= 0.3 is 5.69 Å². The van der Waals surface area contributed by atoms with Crippen LogP contribution in [-0.2, 0) is 11.3 Å². The minimum Gasteiger partial charge on any atom is -0.368 e. The third kappa shape index (κ3) is 4.42. The standard InChI is InChI=1S/C17H22ClN5O2S/c1-2-6-23-16(25)19-20-17(23)26-12-15(24)22-9-7-21(8-10-22)14-5-3-4-13(18)11-14/h3-5,11H,2,6-10,12H2,1H3,(H,19,25). The predicted octanol–water partition coefficient (Wildman–Crippen LogP) is 2.08. The molecule has 1 aliphatic rings. The van der Waals surface area contributed by atoms with E-state index in [4.69, 9.17) is 11.6 Å². The summed E-state index contributed by atoms with van der Waals surface area (Å²) < 4.78 is 1.58. The van der Waals surface area contributed by atoms with Crippen LogP contribution in [0.4, 0.5) is 5.69 Å². The lowest BCUT2D eigenvalue weighted by Gasteiger charge is -2.36. The van der Waals surface area contributed by atoms with Crippen molar-refractivity contribution in [1.82, 2.24) is 19.7 Å². The highest BCUT2D eigenvalue weighted by Crippen LogP contribution is 2.21. The van der Waals surface area contributed by atoms with E-state index in [-0.39, 0.29) is 17.3 Å². The van der Waals surface area contributed by atoms with Crippen molar-refractivity contribution in [3.63, 3.8) is 0 Å². The molecular weight excluding hydrogens is 374 g/mol. The fraction of sp³-hybridized carbons (Fsp3) is 0.471. The van der Waals surface area contributed by atoms with E-state index in [0.717, 1.165) is 30.2 Å². The van der Waals surface area contributed by atoms with Crippen LogP contribution in [0.5, 0.6) is 0 Å². The number of rotatable bonds is 6. The number of hydrogen-bond donors (Lipinski definition) is 1. The summed E-state index contributed by atoms with van der Waals surface area (Å²) in [5.74, 6) is 0.352. The number of carbonyl (C=O) groups excluding carboxylic acids is 1. The molecule has 7 nitrogen and oxygen atoms in total. The molecule has 140 valence electrons. The number of nitrogens with zero attached hydrogens (tertiary/aromatic N) is 4. The van der Waals surface area contributed by atoms with Gasteiger partial charge < -0.3 is 9.80 Å². The third-order valence-electron chi connectivity index (χ3n) is 4.30. The number of halogens is 1. The van der Waals surface area contributed by atoms with Crippen LogP contribution in [0.1, 0.15) is 13.3 Å². The molecule has 0 aliphatic carbocycles. The van der Waals surface area contributed by atoms with E-state index >= 15 is 0 Å². The summed E-state index contributed by atoms with van der Waals surface area (Å²) in [5.41, 5.74) is 0.857. The predicted molar refractivity (Wildman–Crippen MR) is 104 cm³/mol. The lowest BCUT2D eigenvalue weighted by molar-refractivity contribution is -0.128. The van der Waals surface area contributed by atoms with Crippen LogP contribution in [0.25, 0.3) is 0 Å². The zero-order valence-corrected chi connectivity index (χ0v) is 16.2. The first-order chi connectivity index (χ1) is 12.6. The Kier molecular flexibility index (Phi) is 6.26. The lowest BCUT2D eigenvalue weighted by Crippen LogP contribution is -2.49. The zero-order chi connectivity index (χ0) is 18.5. The maximum atomic E-state index is 12.5. The van der Waals surface area contributed by atoms with Gasteiger partial charge in [0.15, 0.2) is 5.16 Å². The van der Waals surface area contributed by atoms with E-state index in [1.807, 2.05) is 36.1 Å². The van der Waals surface area contributed by atoms with Crippen molar-refractivity contribution in [3.05, 3.63) is 39.8 Å². The molecule has 1 fully saturated rings. The average Bonchev–Trinajstić information content (AvgIpc) is 3.00. The van der Waals surface area contributed by atoms with Crippen molar-refractivity contribution in [2.45, 2.75) is 25.0 Å². The van der Waals surface area contributed by atoms with Gasteiger partial charge in [-0.15, -0.1) is 5.10 Å². The highest BCUT2D eigenvalue weighted by molar-refractivity contribution is 7.99. The Morgan fingerprint density at radius 3 is 2.77 bits per heavy atom. The zero-order valence-electron chi connectivity index (χ0n) is 14.7. The Balaban J connectivity index is 1.52. The molecule has 3 rings (SSSR count). The molecule has 0 atom stereocenters. The van der Waals surface area contributed by atoms with Crippen molar-refractivity contribution < 1.29 is 4.79 Å². The number of piperazine rings is 1. The van der Waals surface area contributed by atoms with Gasteiger partial charge in [-0.25, -0.2) is 9.89 Å². The van der Waals surface area contributed by atoms with Gasteiger partial charge in [0, 0.05) is 43.4 Å². The topological polar surface area (TPSA) is 74.2 Å². The SMILES string of the molecule is CCCn1c(SCC(=O)N2CCN(c3cccc(Cl)c3)CC2)n[nH]c1=O. The van der Waals surface area contributed by atoms with Crippen molar-refractivity contribution >= 4 is 35.0 Å². The highest BCUT2D eigenvalue weighted by Gasteiger charge is 2.22. The van der Waals surface area contributed by atoms with Gasteiger partial charge in [-0.3, -0.25) is 9.36 Å². The number of benzene rings is 1. The molecule has 0 saturated carbocycles. The second-order valence-electron chi connectivity index (χ2n) is 6.10. The quantitative estimate of drug-likeness (QED) is 0.758. The lowest BCUT2D eigenvalue weighted by atomic mass is 10.2. The number of thioether (sulfide) groups is 1. The van der Waals surface area contributed by atoms with Gasteiger partial charge in [0.25, 0.3) is 0 Å². The molecule has 0 radical (unpaired) electrons. The minimum atomic E-state index is -0.225. The molecule has 2 heterocycles. The highest BCUT2D eigenvalue weighted by atomic mass is 35.5. The molecule has 1 aliphatic heterocycles.